The van der Waals surface area contributed by atoms with Gasteiger partial charge in [-0.3, -0.25) is 0 Å². The molecule has 2 N–H and O–H groups in total. The first-order valence-electron chi connectivity index (χ1n) is 17.4. The molecule has 248 valence electrons. The van der Waals surface area contributed by atoms with Crippen molar-refractivity contribution < 1.29 is 49.5 Å². The van der Waals surface area contributed by atoms with Gasteiger partial charge in [-0.2, -0.15) is 0 Å². The van der Waals surface area contributed by atoms with Crippen LogP contribution in [0.25, 0.3) is 0 Å². The van der Waals surface area contributed by atoms with Gasteiger partial charge in [0.25, 0.3) is 0 Å². The van der Waals surface area contributed by atoms with Crippen LogP contribution in [0.1, 0.15) is 181 Å². The van der Waals surface area contributed by atoms with Crippen molar-refractivity contribution in [3.05, 3.63) is 24.3 Å². The Kier molecular flexibility index (Phi) is 42.1. The Hall–Kier alpha value is -1.04. The molecule has 7 heteroatoms. The molecule has 0 fully saturated rings. The first-order valence-corrected chi connectivity index (χ1v) is 17.4. The molecular formula is C36H66O6Zn. The average molecular weight is 660 g/mol. The Morgan fingerprint density at radius 3 is 1.19 bits per heavy atom. The van der Waals surface area contributed by atoms with Gasteiger partial charge in [-0.05, 0) is 77.0 Å². The number of allylic oxidation sites excluding steroid dienone is 2. The van der Waals surface area contributed by atoms with Gasteiger partial charge in [0.15, 0.2) is 0 Å². The standard InChI is InChI=1S/2C18H34O3.Zn/c2*1-2-3-4-11-14-17(19)15-12-9-7-5-6-8-10-13-16-18(20)21;/h2*9,12,17,19H,2-8,10-11,13-16H2,1H3,(H,20,21);/q;;+2/p-2/b2*12-9+;/t2*17-;/m11./s1. The molecule has 43 heavy (non-hydrogen) atoms. The molecule has 0 amide bonds. The molecule has 0 aliphatic carbocycles. The summed E-state index contributed by atoms with van der Waals surface area (Å²) in [5.74, 6) is -1.88. The van der Waals surface area contributed by atoms with E-state index in [4.69, 9.17) is 0 Å². The molecule has 0 aliphatic heterocycles. The molecule has 0 saturated heterocycles. The van der Waals surface area contributed by atoms with Crippen molar-refractivity contribution >= 4 is 11.9 Å². The van der Waals surface area contributed by atoms with Gasteiger partial charge in [0.2, 0.25) is 0 Å². The second kappa shape index (κ2) is 39.0. The summed E-state index contributed by atoms with van der Waals surface area (Å²) in [7, 11) is 0. The van der Waals surface area contributed by atoms with Crippen LogP contribution in [-0.2, 0) is 29.1 Å². The van der Waals surface area contributed by atoms with Crippen LogP contribution in [0.4, 0.5) is 0 Å². The minimum Gasteiger partial charge on any atom is -0.550 e. The number of carbonyl (C=O) groups excluding carboxylic acids is 2. The van der Waals surface area contributed by atoms with Gasteiger partial charge in [-0.25, -0.2) is 0 Å². The summed E-state index contributed by atoms with van der Waals surface area (Å²) in [4.78, 5) is 20.4. The van der Waals surface area contributed by atoms with E-state index < -0.39 is 11.9 Å². The average Bonchev–Trinajstić information content (AvgIpc) is 2.95. The molecule has 0 aromatic heterocycles. The summed E-state index contributed by atoms with van der Waals surface area (Å²) in [5, 5.41) is 40.0. The normalized spacial score (nSPS) is 12.6. The third-order valence-electron chi connectivity index (χ3n) is 7.43. The Morgan fingerprint density at radius 1 is 0.512 bits per heavy atom. The second-order valence-electron chi connectivity index (χ2n) is 11.8. The fourth-order valence-electron chi connectivity index (χ4n) is 4.72. The largest absolute Gasteiger partial charge is 2.00 e. The summed E-state index contributed by atoms with van der Waals surface area (Å²) in [6.45, 7) is 4.39. The van der Waals surface area contributed by atoms with E-state index in [0.29, 0.717) is 0 Å². The van der Waals surface area contributed by atoms with E-state index in [0.717, 1.165) is 116 Å². The Balaban J connectivity index is -0.000000727. The van der Waals surface area contributed by atoms with Crippen LogP contribution >= 0.6 is 0 Å². The van der Waals surface area contributed by atoms with Crippen molar-refractivity contribution in [2.24, 2.45) is 0 Å². The van der Waals surface area contributed by atoms with Crippen LogP contribution in [-0.4, -0.2) is 34.4 Å². The maximum absolute atomic E-state index is 10.2. The van der Waals surface area contributed by atoms with E-state index in [-0.39, 0.29) is 44.5 Å². The number of rotatable bonds is 30. The molecule has 2 atom stereocenters. The molecule has 0 saturated carbocycles. The van der Waals surface area contributed by atoms with Gasteiger partial charge >= 0.3 is 19.5 Å². The second-order valence-corrected chi connectivity index (χ2v) is 11.8. The van der Waals surface area contributed by atoms with Gasteiger partial charge in [0, 0.05) is 11.9 Å². The molecule has 0 spiro atoms. The smallest absolute Gasteiger partial charge is 0.550 e. The Morgan fingerprint density at radius 2 is 0.837 bits per heavy atom. The van der Waals surface area contributed by atoms with E-state index >= 15 is 0 Å². The summed E-state index contributed by atoms with van der Waals surface area (Å²) in [5.41, 5.74) is 0. The number of hydrogen-bond donors (Lipinski definition) is 2. The zero-order chi connectivity index (χ0) is 31.5. The number of aliphatic hydroxyl groups is 2. The predicted molar refractivity (Wildman–Crippen MR) is 172 cm³/mol. The van der Waals surface area contributed by atoms with Gasteiger partial charge in [0.1, 0.15) is 0 Å². The molecule has 0 radical (unpaired) electrons. The van der Waals surface area contributed by atoms with Crippen LogP contribution in [0.5, 0.6) is 0 Å². The molecular weight excluding hydrogens is 594 g/mol. The van der Waals surface area contributed by atoms with E-state index in [1.165, 1.54) is 38.5 Å². The number of unbranched alkanes of at least 4 members (excludes halogenated alkanes) is 16. The fraction of sp³-hybridized carbons (Fsp3) is 0.833. The number of aliphatic hydroxyl groups excluding tert-OH is 2. The number of carboxylic acids is 2. The van der Waals surface area contributed by atoms with Crippen molar-refractivity contribution in [2.45, 2.75) is 193 Å². The molecule has 0 aliphatic rings. The number of aliphatic carboxylic acids is 2. The Labute approximate surface area is 278 Å². The zero-order valence-electron chi connectivity index (χ0n) is 28.1. The first-order chi connectivity index (χ1) is 20.3. The minimum atomic E-state index is -0.939. The molecule has 0 aromatic carbocycles. The summed E-state index contributed by atoms with van der Waals surface area (Å²) in [6.07, 6.45) is 34.0. The summed E-state index contributed by atoms with van der Waals surface area (Å²) in [6, 6.07) is 0. The molecule has 0 bridgehead atoms. The van der Waals surface area contributed by atoms with Crippen molar-refractivity contribution in [3.8, 4) is 0 Å². The van der Waals surface area contributed by atoms with E-state index in [1.807, 2.05) is 0 Å². The monoisotopic (exact) mass is 658 g/mol. The molecule has 0 aromatic rings. The van der Waals surface area contributed by atoms with E-state index in [1.54, 1.807) is 0 Å². The summed E-state index contributed by atoms with van der Waals surface area (Å²) >= 11 is 0. The number of carbonyl (C=O) groups is 2. The summed E-state index contributed by atoms with van der Waals surface area (Å²) < 4.78 is 0. The van der Waals surface area contributed by atoms with Gasteiger partial charge in [-0.1, -0.05) is 128 Å². The third kappa shape index (κ3) is 45.5. The topological polar surface area (TPSA) is 121 Å². The molecule has 0 rings (SSSR count). The van der Waals surface area contributed by atoms with Crippen LogP contribution in [0, 0.1) is 0 Å². The van der Waals surface area contributed by atoms with Gasteiger partial charge < -0.3 is 30.0 Å². The van der Waals surface area contributed by atoms with Crippen molar-refractivity contribution in [1.29, 1.82) is 0 Å². The maximum Gasteiger partial charge on any atom is 2.00 e. The van der Waals surface area contributed by atoms with Crippen LogP contribution in [0.3, 0.4) is 0 Å². The van der Waals surface area contributed by atoms with Gasteiger partial charge in [0.05, 0.1) is 12.2 Å². The number of carboxylic acid groups (broad SMARTS) is 2. The Bertz CT molecular complexity index is 583. The SMILES string of the molecule is CCCCCC[C@@H](O)C/C=C/CCCCCCCC(=O)[O-].CCCCCC[C@@H](O)C/C=C/CCCCCCCC(=O)[O-].[Zn+2]. The van der Waals surface area contributed by atoms with Crippen LogP contribution in [0.2, 0.25) is 0 Å². The minimum absolute atomic E-state index is 0. The van der Waals surface area contributed by atoms with Crippen molar-refractivity contribution in [1.82, 2.24) is 0 Å². The maximum atomic E-state index is 10.2. The van der Waals surface area contributed by atoms with Crippen molar-refractivity contribution in [2.75, 3.05) is 0 Å². The molecule has 0 unspecified atom stereocenters. The first kappa shape index (κ1) is 46.4. The quantitative estimate of drug-likeness (QED) is 0.0468. The van der Waals surface area contributed by atoms with Crippen molar-refractivity contribution in [3.63, 3.8) is 0 Å². The van der Waals surface area contributed by atoms with Gasteiger partial charge in [-0.15, -0.1) is 0 Å². The molecule has 0 heterocycles. The van der Waals surface area contributed by atoms with Crippen LogP contribution < -0.4 is 10.2 Å². The molecule has 6 nitrogen and oxygen atoms in total. The van der Waals surface area contributed by atoms with E-state index in [2.05, 4.69) is 38.2 Å². The predicted octanol–water partition coefficient (Wildman–Crippen LogP) is 7.49. The number of hydrogen-bond acceptors (Lipinski definition) is 6. The fourth-order valence-corrected chi connectivity index (χ4v) is 4.72. The third-order valence-corrected chi connectivity index (χ3v) is 7.43. The van der Waals surface area contributed by atoms with Crippen LogP contribution in [0.15, 0.2) is 24.3 Å². The van der Waals surface area contributed by atoms with E-state index in [9.17, 15) is 30.0 Å². The zero-order valence-corrected chi connectivity index (χ0v) is 31.1.